The van der Waals surface area contributed by atoms with E-state index in [1.807, 2.05) is 24.3 Å². The van der Waals surface area contributed by atoms with Gasteiger partial charge in [0.25, 0.3) is 0 Å². The lowest BCUT2D eigenvalue weighted by Gasteiger charge is -2.22. The number of benzene rings is 1. The van der Waals surface area contributed by atoms with E-state index < -0.39 is 0 Å². The summed E-state index contributed by atoms with van der Waals surface area (Å²) in [6.07, 6.45) is 7.96. The molecule has 0 atom stereocenters. The standard InChI is InChI=1S/C16H23BrN2OS/c17-13-7-9-14(10-8-13)19-16(21)18-11-4-12-20-15-5-2-1-3-6-15/h7-10,15H,1-6,11-12H2,(H2,18,19,21). The molecule has 0 spiro atoms. The van der Waals surface area contributed by atoms with Crippen LogP contribution in [-0.4, -0.2) is 24.4 Å². The molecule has 0 radical (unpaired) electrons. The predicted molar refractivity (Wildman–Crippen MR) is 95.8 cm³/mol. The van der Waals surface area contributed by atoms with Crippen molar-refractivity contribution in [2.75, 3.05) is 18.5 Å². The predicted octanol–water partition coefficient (Wildman–Crippen LogP) is 4.47. The van der Waals surface area contributed by atoms with Crippen LogP contribution in [-0.2, 0) is 4.74 Å². The maximum absolute atomic E-state index is 5.89. The van der Waals surface area contributed by atoms with Gasteiger partial charge >= 0.3 is 0 Å². The van der Waals surface area contributed by atoms with E-state index in [1.165, 1.54) is 32.1 Å². The van der Waals surface area contributed by atoms with Crippen molar-refractivity contribution in [1.82, 2.24) is 5.32 Å². The largest absolute Gasteiger partial charge is 0.378 e. The molecule has 1 aliphatic rings. The van der Waals surface area contributed by atoms with E-state index in [0.717, 1.165) is 29.7 Å². The van der Waals surface area contributed by atoms with Crippen LogP contribution in [0.5, 0.6) is 0 Å². The van der Waals surface area contributed by atoms with Crippen LogP contribution in [0.3, 0.4) is 0 Å². The van der Waals surface area contributed by atoms with Crippen molar-refractivity contribution in [2.45, 2.75) is 44.6 Å². The normalized spacial score (nSPS) is 15.7. The van der Waals surface area contributed by atoms with Gasteiger partial charge in [0.1, 0.15) is 0 Å². The minimum absolute atomic E-state index is 0.492. The highest BCUT2D eigenvalue weighted by molar-refractivity contribution is 9.10. The molecule has 0 aromatic heterocycles. The first-order valence-electron chi connectivity index (χ1n) is 7.66. The Morgan fingerprint density at radius 3 is 2.62 bits per heavy atom. The highest BCUT2D eigenvalue weighted by atomic mass is 79.9. The SMILES string of the molecule is S=C(NCCCOC1CCCCC1)Nc1ccc(Br)cc1. The van der Waals surface area contributed by atoms with Gasteiger partial charge in [0, 0.05) is 23.3 Å². The molecule has 0 aliphatic heterocycles. The van der Waals surface area contributed by atoms with Crippen molar-refractivity contribution in [3.05, 3.63) is 28.7 Å². The van der Waals surface area contributed by atoms with E-state index in [2.05, 4.69) is 26.6 Å². The Hall–Kier alpha value is -0.650. The van der Waals surface area contributed by atoms with Gasteiger partial charge in [-0.15, -0.1) is 0 Å². The molecule has 1 aromatic rings. The van der Waals surface area contributed by atoms with Crippen molar-refractivity contribution in [2.24, 2.45) is 0 Å². The van der Waals surface area contributed by atoms with Crippen LogP contribution in [0.25, 0.3) is 0 Å². The average molecular weight is 371 g/mol. The summed E-state index contributed by atoms with van der Waals surface area (Å²) in [5.41, 5.74) is 0.995. The first-order valence-corrected chi connectivity index (χ1v) is 8.86. The molecule has 116 valence electrons. The molecule has 1 aromatic carbocycles. The molecule has 1 aliphatic carbocycles. The highest BCUT2D eigenvalue weighted by Gasteiger charge is 2.12. The van der Waals surface area contributed by atoms with E-state index in [-0.39, 0.29) is 0 Å². The zero-order chi connectivity index (χ0) is 14.9. The lowest BCUT2D eigenvalue weighted by molar-refractivity contribution is 0.0277. The molecule has 2 N–H and O–H groups in total. The van der Waals surface area contributed by atoms with Crippen LogP contribution in [0, 0.1) is 0 Å². The van der Waals surface area contributed by atoms with Crippen molar-refractivity contribution in [1.29, 1.82) is 0 Å². The summed E-state index contributed by atoms with van der Waals surface area (Å²) >= 11 is 8.68. The molecule has 21 heavy (non-hydrogen) atoms. The Kier molecular flexibility index (Phi) is 7.47. The minimum Gasteiger partial charge on any atom is -0.378 e. The van der Waals surface area contributed by atoms with Crippen molar-refractivity contribution in [3.8, 4) is 0 Å². The second kappa shape index (κ2) is 9.38. The fraction of sp³-hybridized carbons (Fsp3) is 0.562. The van der Waals surface area contributed by atoms with E-state index in [0.29, 0.717) is 11.2 Å². The monoisotopic (exact) mass is 370 g/mol. The van der Waals surface area contributed by atoms with E-state index in [1.54, 1.807) is 0 Å². The number of halogens is 1. The second-order valence-electron chi connectivity index (χ2n) is 5.37. The Morgan fingerprint density at radius 1 is 1.19 bits per heavy atom. The average Bonchev–Trinajstić information content (AvgIpc) is 2.50. The quantitative estimate of drug-likeness (QED) is 0.571. The first kappa shape index (κ1) is 16.7. The number of thiocarbonyl (C=S) groups is 1. The zero-order valence-electron chi connectivity index (χ0n) is 12.2. The summed E-state index contributed by atoms with van der Waals surface area (Å²) in [6, 6.07) is 7.96. The Morgan fingerprint density at radius 2 is 1.90 bits per heavy atom. The molecule has 0 heterocycles. The molecule has 0 saturated heterocycles. The highest BCUT2D eigenvalue weighted by Crippen LogP contribution is 2.20. The third-order valence-electron chi connectivity index (χ3n) is 3.61. The summed E-state index contributed by atoms with van der Waals surface area (Å²) in [5.74, 6) is 0. The van der Waals surface area contributed by atoms with Gasteiger partial charge in [-0.2, -0.15) is 0 Å². The lowest BCUT2D eigenvalue weighted by atomic mass is 9.98. The van der Waals surface area contributed by atoms with Crippen molar-refractivity contribution >= 4 is 38.9 Å². The third-order valence-corrected chi connectivity index (χ3v) is 4.39. The third kappa shape index (κ3) is 6.76. The lowest BCUT2D eigenvalue weighted by Crippen LogP contribution is -2.30. The Balaban J connectivity index is 1.53. The van der Waals surface area contributed by atoms with Gasteiger partial charge in [0.15, 0.2) is 5.11 Å². The molecule has 5 heteroatoms. The van der Waals surface area contributed by atoms with Gasteiger partial charge in [-0.1, -0.05) is 35.2 Å². The van der Waals surface area contributed by atoms with Crippen LogP contribution >= 0.6 is 28.1 Å². The fourth-order valence-electron chi connectivity index (χ4n) is 2.46. The molecular weight excluding hydrogens is 348 g/mol. The molecule has 2 rings (SSSR count). The van der Waals surface area contributed by atoms with Crippen LogP contribution in [0.1, 0.15) is 38.5 Å². The van der Waals surface area contributed by atoms with E-state index >= 15 is 0 Å². The summed E-state index contributed by atoms with van der Waals surface area (Å²) in [4.78, 5) is 0. The summed E-state index contributed by atoms with van der Waals surface area (Å²) < 4.78 is 6.95. The molecule has 1 fully saturated rings. The van der Waals surface area contributed by atoms with Gasteiger partial charge in [-0.25, -0.2) is 0 Å². The topological polar surface area (TPSA) is 33.3 Å². The molecule has 0 unspecified atom stereocenters. The van der Waals surface area contributed by atoms with Gasteiger partial charge < -0.3 is 15.4 Å². The molecule has 1 saturated carbocycles. The number of hydrogen-bond acceptors (Lipinski definition) is 2. The smallest absolute Gasteiger partial charge is 0.170 e. The van der Waals surface area contributed by atoms with E-state index in [9.17, 15) is 0 Å². The first-order chi connectivity index (χ1) is 10.2. The summed E-state index contributed by atoms with van der Waals surface area (Å²) in [7, 11) is 0. The van der Waals surface area contributed by atoms with Crippen molar-refractivity contribution < 1.29 is 4.74 Å². The number of ether oxygens (including phenoxy) is 1. The summed E-state index contributed by atoms with van der Waals surface area (Å²) in [6.45, 7) is 1.66. The van der Waals surface area contributed by atoms with Gasteiger partial charge in [-0.3, -0.25) is 0 Å². The minimum atomic E-state index is 0.492. The van der Waals surface area contributed by atoms with Crippen molar-refractivity contribution in [3.63, 3.8) is 0 Å². The van der Waals surface area contributed by atoms with Gasteiger partial charge in [0.2, 0.25) is 0 Å². The number of rotatable bonds is 6. The van der Waals surface area contributed by atoms with Gasteiger partial charge in [-0.05, 0) is 55.7 Å². The summed E-state index contributed by atoms with van der Waals surface area (Å²) in [5, 5.41) is 7.04. The molecule has 0 bridgehead atoms. The Bertz CT molecular complexity index is 432. The van der Waals surface area contributed by atoms with Crippen LogP contribution in [0.15, 0.2) is 28.7 Å². The maximum Gasteiger partial charge on any atom is 0.170 e. The number of hydrogen-bond donors (Lipinski definition) is 2. The van der Waals surface area contributed by atoms with Crippen LogP contribution in [0.4, 0.5) is 5.69 Å². The molecular formula is C16H23BrN2OS. The molecule has 0 amide bonds. The Labute approximate surface area is 141 Å². The fourth-order valence-corrected chi connectivity index (χ4v) is 2.95. The van der Waals surface area contributed by atoms with Gasteiger partial charge in [0.05, 0.1) is 6.10 Å². The number of anilines is 1. The molecule has 3 nitrogen and oxygen atoms in total. The van der Waals surface area contributed by atoms with Crippen LogP contribution in [0.2, 0.25) is 0 Å². The zero-order valence-corrected chi connectivity index (χ0v) is 14.6. The maximum atomic E-state index is 5.89. The van der Waals surface area contributed by atoms with Crippen LogP contribution < -0.4 is 10.6 Å². The second-order valence-corrected chi connectivity index (χ2v) is 6.70. The van der Waals surface area contributed by atoms with E-state index in [4.69, 9.17) is 17.0 Å². The number of nitrogens with one attached hydrogen (secondary N) is 2.